The Balaban J connectivity index is 2.20. The van der Waals surface area contributed by atoms with Gasteiger partial charge in [0.15, 0.2) is 0 Å². The third kappa shape index (κ3) is 1.79. The first-order valence-electron chi connectivity index (χ1n) is 5.14. The van der Waals surface area contributed by atoms with Crippen LogP contribution >= 0.6 is 11.6 Å². The molecule has 0 N–H and O–H groups in total. The summed E-state index contributed by atoms with van der Waals surface area (Å²) in [5.41, 5.74) is 2.21. The molecule has 1 aromatic rings. The Morgan fingerprint density at radius 1 is 1.57 bits per heavy atom. The van der Waals surface area contributed by atoms with Crippen LogP contribution in [0.3, 0.4) is 0 Å². The fraction of sp³-hybridized carbons (Fsp3) is 0.700. The first-order valence-corrected chi connectivity index (χ1v) is 5.52. The highest BCUT2D eigenvalue weighted by Gasteiger charge is 2.19. The molecule has 0 spiro atoms. The van der Waals surface area contributed by atoms with Gasteiger partial charge in [0.05, 0.1) is 18.9 Å². The van der Waals surface area contributed by atoms with Crippen LogP contribution in [0.1, 0.15) is 31.0 Å². The van der Waals surface area contributed by atoms with Crippen molar-refractivity contribution in [3.63, 3.8) is 0 Å². The van der Waals surface area contributed by atoms with E-state index in [-0.39, 0.29) is 0 Å². The third-order valence-electron chi connectivity index (χ3n) is 2.52. The fourth-order valence-corrected chi connectivity index (χ4v) is 1.95. The Hall–Kier alpha value is -0.540. The maximum Gasteiger partial charge on any atom is 0.132 e. The number of halogens is 1. The zero-order chi connectivity index (χ0) is 9.97. The Kier molecular flexibility index (Phi) is 3.08. The van der Waals surface area contributed by atoms with Gasteiger partial charge in [-0.05, 0) is 6.42 Å². The molecule has 0 aromatic carbocycles. The van der Waals surface area contributed by atoms with Crippen molar-refractivity contribution < 1.29 is 4.74 Å². The lowest BCUT2D eigenvalue weighted by molar-refractivity contribution is 0.110. The standard InChI is InChI=1S/C10H15ClN2O/c1-2-3-5-13-10(11)8-7-14-6-4-9(8)12-13/h2-7H2,1H3. The third-order valence-corrected chi connectivity index (χ3v) is 2.94. The molecule has 1 aliphatic rings. The van der Waals surface area contributed by atoms with Crippen molar-refractivity contribution in [3.8, 4) is 0 Å². The molecule has 0 aliphatic carbocycles. The smallest absolute Gasteiger partial charge is 0.132 e. The van der Waals surface area contributed by atoms with E-state index in [1.165, 1.54) is 0 Å². The maximum absolute atomic E-state index is 6.20. The largest absolute Gasteiger partial charge is 0.376 e. The van der Waals surface area contributed by atoms with Gasteiger partial charge in [0, 0.05) is 18.5 Å². The van der Waals surface area contributed by atoms with Crippen LogP contribution in [0.4, 0.5) is 0 Å². The number of aromatic nitrogens is 2. The molecule has 0 saturated heterocycles. The van der Waals surface area contributed by atoms with Crippen LogP contribution in [0.2, 0.25) is 5.15 Å². The highest BCUT2D eigenvalue weighted by molar-refractivity contribution is 6.30. The van der Waals surface area contributed by atoms with Crippen molar-refractivity contribution in [3.05, 3.63) is 16.4 Å². The molecule has 0 saturated carbocycles. The van der Waals surface area contributed by atoms with E-state index < -0.39 is 0 Å². The maximum atomic E-state index is 6.20. The zero-order valence-corrected chi connectivity index (χ0v) is 9.18. The van der Waals surface area contributed by atoms with E-state index in [1.54, 1.807) is 0 Å². The van der Waals surface area contributed by atoms with Gasteiger partial charge in [0.1, 0.15) is 5.15 Å². The summed E-state index contributed by atoms with van der Waals surface area (Å²) in [6.45, 7) is 4.48. The number of hydrogen-bond donors (Lipinski definition) is 0. The lowest BCUT2D eigenvalue weighted by Gasteiger charge is -2.09. The van der Waals surface area contributed by atoms with Crippen molar-refractivity contribution in [1.29, 1.82) is 0 Å². The SMILES string of the molecule is CCCCn1nc2c(c1Cl)COCC2. The summed E-state index contributed by atoms with van der Waals surface area (Å²) >= 11 is 6.20. The molecule has 14 heavy (non-hydrogen) atoms. The van der Waals surface area contributed by atoms with E-state index in [2.05, 4.69) is 12.0 Å². The Labute approximate surface area is 89.0 Å². The quantitative estimate of drug-likeness (QED) is 0.773. The number of unbranched alkanes of at least 4 members (excludes halogenated alkanes) is 1. The second-order valence-corrected chi connectivity index (χ2v) is 3.95. The van der Waals surface area contributed by atoms with Gasteiger partial charge in [-0.1, -0.05) is 24.9 Å². The van der Waals surface area contributed by atoms with Gasteiger partial charge < -0.3 is 4.74 Å². The Bertz CT molecular complexity index is 322. The molecule has 0 bridgehead atoms. The predicted octanol–water partition coefficient (Wildman–Crippen LogP) is 2.41. The van der Waals surface area contributed by atoms with Gasteiger partial charge >= 0.3 is 0 Å². The van der Waals surface area contributed by atoms with Crippen LogP contribution < -0.4 is 0 Å². The van der Waals surface area contributed by atoms with Crippen LogP contribution in [-0.4, -0.2) is 16.4 Å². The van der Waals surface area contributed by atoms with Crippen LogP contribution in [0.25, 0.3) is 0 Å². The number of hydrogen-bond acceptors (Lipinski definition) is 2. The number of aryl methyl sites for hydroxylation is 1. The number of rotatable bonds is 3. The fourth-order valence-electron chi connectivity index (χ4n) is 1.67. The van der Waals surface area contributed by atoms with E-state index in [0.717, 1.165) is 48.8 Å². The predicted molar refractivity (Wildman–Crippen MR) is 55.5 cm³/mol. The van der Waals surface area contributed by atoms with Gasteiger partial charge in [0.25, 0.3) is 0 Å². The summed E-state index contributed by atoms with van der Waals surface area (Å²) in [5, 5.41) is 5.26. The zero-order valence-electron chi connectivity index (χ0n) is 8.42. The molecule has 78 valence electrons. The molecule has 0 unspecified atom stereocenters. The summed E-state index contributed by atoms with van der Waals surface area (Å²) in [6, 6.07) is 0. The van der Waals surface area contributed by atoms with E-state index in [0.29, 0.717) is 6.61 Å². The van der Waals surface area contributed by atoms with Crippen LogP contribution in [0.15, 0.2) is 0 Å². The summed E-state index contributed by atoms with van der Waals surface area (Å²) in [5.74, 6) is 0. The van der Waals surface area contributed by atoms with Crippen molar-refractivity contribution in [1.82, 2.24) is 9.78 Å². The molecule has 0 amide bonds. The average molecular weight is 215 g/mol. The molecule has 0 atom stereocenters. The van der Waals surface area contributed by atoms with Crippen LogP contribution in [0.5, 0.6) is 0 Å². The molecule has 4 heteroatoms. The van der Waals surface area contributed by atoms with Gasteiger partial charge in [0.2, 0.25) is 0 Å². The number of fused-ring (bicyclic) bond motifs is 1. The van der Waals surface area contributed by atoms with Crippen molar-refractivity contribution >= 4 is 11.6 Å². The van der Waals surface area contributed by atoms with Crippen molar-refractivity contribution in [2.45, 2.75) is 39.3 Å². The minimum absolute atomic E-state index is 0.625. The monoisotopic (exact) mass is 214 g/mol. The number of ether oxygens (including phenoxy) is 1. The molecule has 3 nitrogen and oxygen atoms in total. The van der Waals surface area contributed by atoms with E-state index >= 15 is 0 Å². The summed E-state index contributed by atoms with van der Waals surface area (Å²) in [7, 11) is 0. The molecule has 0 radical (unpaired) electrons. The van der Waals surface area contributed by atoms with Crippen molar-refractivity contribution in [2.24, 2.45) is 0 Å². The molecular weight excluding hydrogens is 200 g/mol. The van der Waals surface area contributed by atoms with Crippen LogP contribution in [-0.2, 0) is 24.3 Å². The Morgan fingerprint density at radius 2 is 2.43 bits per heavy atom. The lowest BCUT2D eigenvalue weighted by atomic mass is 10.2. The van der Waals surface area contributed by atoms with Gasteiger partial charge in [-0.3, -0.25) is 4.68 Å². The summed E-state index contributed by atoms with van der Waals surface area (Å²) < 4.78 is 7.26. The topological polar surface area (TPSA) is 27.1 Å². The highest BCUT2D eigenvalue weighted by Crippen LogP contribution is 2.24. The van der Waals surface area contributed by atoms with Gasteiger partial charge in [-0.2, -0.15) is 5.10 Å². The van der Waals surface area contributed by atoms with Crippen molar-refractivity contribution in [2.75, 3.05) is 6.61 Å². The molecule has 1 aromatic heterocycles. The molecule has 1 aliphatic heterocycles. The summed E-state index contributed by atoms with van der Waals surface area (Å²) in [6.07, 6.45) is 3.19. The average Bonchev–Trinajstić information content (AvgIpc) is 2.54. The van der Waals surface area contributed by atoms with E-state index in [9.17, 15) is 0 Å². The van der Waals surface area contributed by atoms with Gasteiger partial charge in [-0.15, -0.1) is 0 Å². The minimum atomic E-state index is 0.625. The normalized spacial score (nSPS) is 15.6. The van der Waals surface area contributed by atoms with Crippen LogP contribution in [0, 0.1) is 0 Å². The first kappa shape index (κ1) is 9.99. The minimum Gasteiger partial charge on any atom is -0.376 e. The first-order chi connectivity index (χ1) is 6.83. The molecule has 2 heterocycles. The lowest BCUT2D eigenvalue weighted by Crippen LogP contribution is -2.08. The summed E-state index contributed by atoms with van der Waals surface area (Å²) in [4.78, 5) is 0. The van der Waals surface area contributed by atoms with E-state index in [1.807, 2.05) is 4.68 Å². The Morgan fingerprint density at radius 3 is 3.14 bits per heavy atom. The van der Waals surface area contributed by atoms with Gasteiger partial charge in [-0.25, -0.2) is 0 Å². The molecular formula is C10H15ClN2O. The molecule has 2 rings (SSSR count). The highest BCUT2D eigenvalue weighted by atomic mass is 35.5. The van der Waals surface area contributed by atoms with E-state index in [4.69, 9.17) is 16.3 Å². The number of nitrogens with zero attached hydrogens (tertiary/aromatic N) is 2. The second-order valence-electron chi connectivity index (χ2n) is 3.60. The molecule has 0 fully saturated rings. The second kappa shape index (κ2) is 4.32.